The number of pyridine rings is 1. The Hall–Kier alpha value is -2.75. The van der Waals surface area contributed by atoms with Gasteiger partial charge >= 0.3 is 0 Å². The normalized spacial score (nSPS) is 17.9. The van der Waals surface area contributed by atoms with Gasteiger partial charge in [-0.1, -0.05) is 0 Å². The van der Waals surface area contributed by atoms with Gasteiger partial charge in [0.1, 0.15) is 11.9 Å². The monoisotopic (exact) mass is 431 g/mol. The Morgan fingerprint density at radius 1 is 1.07 bits per heavy atom. The van der Waals surface area contributed by atoms with Crippen LogP contribution in [0.1, 0.15) is 36.0 Å². The maximum Gasteiger partial charge on any atom is 0.255 e. The molecular formula is C20H25N5O4S. The zero-order valence-electron chi connectivity index (χ0n) is 16.9. The minimum absolute atomic E-state index is 0.0528. The average molecular weight is 432 g/mol. The Morgan fingerprint density at radius 3 is 2.43 bits per heavy atom. The summed E-state index contributed by atoms with van der Waals surface area (Å²) in [5, 5.41) is -0.231. The number of hydrogen-bond donors (Lipinski definition) is 0. The number of likely N-dealkylation sites (tertiary alicyclic amines) is 1. The summed E-state index contributed by atoms with van der Waals surface area (Å²) < 4.78 is 29.1. The molecule has 0 unspecified atom stereocenters. The molecule has 0 radical (unpaired) electrons. The fraction of sp³-hybridized carbons (Fsp3) is 0.500. The van der Waals surface area contributed by atoms with Crippen molar-refractivity contribution < 1.29 is 17.9 Å². The van der Waals surface area contributed by atoms with Crippen LogP contribution in [0.4, 0.5) is 5.82 Å². The molecule has 0 aliphatic carbocycles. The van der Waals surface area contributed by atoms with Crippen LogP contribution in [0.5, 0.6) is 5.88 Å². The van der Waals surface area contributed by atoms with Gasteiger partial charge in [-0.3, -0.25) is 4.79 Å². The largest absolute Gasteiger partial charge is 0.474 e. The Kier molecular flexibility index (Phi) is 5.85. The summed E-state index contributed by atoms with van der Waals surface area (Å²) in [4.78, 5) is 28.7. The van der Waals surface area contributed by atoms with Crippen molar-refractivity contribution in [3.05, 3.63) is 36.2 Å². The number of amides is 1. The van der Waals surface area contributed by atoms with E-state index in [0.29, 0.717) is 5.56 Å². The fourth-order valence-corrected chi connectivity index (χ4v) is 4.25. The van der Waals surface area contributed by atoms with Crippen LogP contribution in [0, 0.1) is 0 Å². The molecule has 0 saturated carbocycles. The molecule has 2 aromatic rings. The minimum atomic E-state index is -3.47. The zero-order valence-corrected chi connectivity index (χ0v) is 17.7. The van der Waals surface area contributed by atoms with Gasteiger partial charge < -0.3 is 14.5 Å². The molecule has 0 bridgehead atoms. The first-order valence-corrected chi connectivity index (χ1v) is 12.0. The number of aromatic nitrogens is 3. The van der Waals surface area contributed by atoms with Crippen LogP contribution in [-0.2, 0) is 9.84 Å². The van der Waals surface area contributed by atoms with Crippen molar-refractivity contribution in [1.82, 2.24) is 19.9 Å². The van der Waals surface area contributed by atoms with E-state index >= 15 is 0 Å². The van der Waals surface area contributed by atoms with Crippen LogP contribution in [0.15, 0.2) is 35.7 Å². The lowest BCUT2D eigenvalue weighted by molar-refractivity contribution is 0.0792. The lowest BCUT2D eigenvalue weighted by atomic mass is 10.1. The first-order chi connectivity index (χ1) is 14.4. The highest BCUT2D eigenvalue weighted by Crippen LogP contribution is 2.22. The van der Waals surface area contributed by atoms with Gasteiger partial charge in [-0.15, -0.1) is 0 Å². The number of rotatable bonds is 5. The van der Waals surface area contributed by atoms with Crippen molar-refractivity contribution >= 4 is 21.6 Å². The van der Waals surface area contributed by atoms with Crippen LogP contribution in [0.25, 0.3) is 0 Å². The Labute approximate surface area is 176 Å². The second-order valence-electron chi connectivity index (χ2n) is 7.66. The van der Waals surface area contributed by atoms with Gasteiger partial charge in [0.25, 0.3) is 5.91 Å². The molecule has 0 N–H and O–H groups in total. The molecular weight excluding hydrogens is 406 g/mol. The first-order valence-electron chi connectivity index (χ1n) is 10.1. The van der Waals surface area contributed by atoms with E-state index in [-0.39, 0.29) is 23.0 Å². The van der Waals surface area contributed by atoms with Crippen molar-refractivity contribution in [2.75, 3.05) is 37.3 Å². The molecule has 4 heterocycles. The summed E-state index contributed by atoms with van der Waals surface area (Å²) in [7, 11) is -3.47. The van der Waals surface area contributed by atoms with E-state index in [9.17, 15) is 13.2 Å². The Morgan fingerprint density at radius 2 is 1.80 bits per heavy atom. The molecule has 2 aliphatic heterocycles. The standard InChI is InChI=1S/C20H25N5O4S/c1-30(27,28)20-21-9-6-18(23-20)29-16-7-12-24(13-8-16)17-5-4-15(14-22-17)19(26)25-10-2-3-11-25/h4-6,9,14,16H,2-3,7-8,10-13H2,1H3. The van der Waals surface area contributed by atoms with Crippen molar-refractivity contribution in [3.63, 3.8) is 0 Å². The van der Waals surface area contributed by atoms with Crippen molar-refractivity contribution in [2.24, 2.45) is 0 Å². The summed E-state index contributed by atoms with van der Waals surface area (Å²) in [5.41, 5.74) is 0.629. The molecule has 2 saturated heterocycles. The number of anilines is 1. The Balaban J connectivity index is 1.33. The number of ether oxygens (including phenoxy) is 1. The van der Waals surface area contributed by atoms with Crippen molar-refractivity contribution in [2.45, 2.75) is 36.9 Å². The fourth-order valence-electron chi connectivity index (χ4n) is 3.75. The number of hydrogen-bond acceptors (Lipinski definition) is 8. The molecule has 10 heteroatoms. The topological polar surface area (TPSA) is 106 Å². The lowest BCUT2D eigenvalue weighted by Crippen LogP contribution is -2.39. The molecule has 2 aliphatic rings. The molecule has 160 valence electrons. The molecule has 1 amide bonds. The molecule has 0 aromatic carbocycles. The van der Waals surface area contributed by atoms with Gasteiger partial charge in [-0.2, -0.15) is 4.98 Å². The summed E-state index contributed by atoms with van der Waals surface area (Å²) in [6.45, 7) is 3.15. The maximum atomic E-state index is 12.4. The number of piperidine rings is 1. The van der Waals surface area contributed by atoms with Crippen LogP contribution >= 0.6 is 0 Å². The van der Waals surface area contributed by atoms with E-state index in [1.165, 1.54) is 6.20 Å². The highest BCUT2D eigenvalue weighted by molar-refractivity contribution is 7.90. The molecule has 0 spiro atoms. The van der Waals surface area contributed by atoms with Gasteiger partial charge in [0.2, 0.25) is 20.9 Å². The van der Waals surface area contributed by atoms with Gasteiger partial charge in [0, 0.05) is 63.7 Å². The van der Waals surface area contributed by atoms with E-state index in [1.807, 2.05) is 17.0 Å². The lowest BCUT2D eigenvalue weighted by Gasteiger charge is -2.32. The summed E-state index contributed by atoms with van der Waals surface area (Å²) in [6.07, 6.45) is 7.72. The van der Waals surface area contributed by atoms with E-state index in [4.69, 9.17) is 4.74 Å². The summed E-state index contributed by atoms with van der Waals surface area (Å²) >= 11 is 0. The van der Waals surface area contributed by atoms with Gasteiger partial charge in [-0.05, 0) is 25.0 Å². The predicted molar refractivity (Wildman–Crippen MR) is 110 cm³/mol. The molecule has 30 heavy (non-hydrogen) atoms. The molecule has 2 fully saturated rings. The van der Waals surface area contributed by atoms with E-state index in [0.717, 1.165) is 63.9 Å². The van der Waals surface area contributed by atoms with Crippen LogP contribution in [0.3, 0.4) is 0 Å². The highest BCUT2D eigenvalue weighted by atomic mass is 32.2. The van der Waals surface area contributed by atoms with Gasteiger partial charge in [-0.25, -0.2) is 18.4 Å². The van der Waals surface area contributed by atoms with Gasteiger partial charge in [0.15, 0.2) is 0 Å². The molecule has 9 nitrogen and oxygen atoms in total. The van der Waals surface area contributed by atoms with Crippen LogP contribution < -0.4 is 9.64 Å². The quantitative estimate of drug-likeness (QED) is 0.657. The second-order valence-corrected chi connectivity index (χ2v) is 9.57. The summed E-state index contributed by atoms with van der Waals surface area (Å²) in [6, 6.07) is 5.31. The third-order valence-corrected chi connectivity index (χ3v) is 6.24. The average Bonchev–Trinajstić information content (AvgIpc) is 3.28. The van der Waals surface area contributed by atoms with E-state index < -0.39 is 9.84 Å². The SMILES string of the molecule is CS(=O)(=O)c1nccc(OC2CCN(c3ccc(C(=O)N4CCCC4)cn3)CC2)n1. The third kappa shape index (κ3) is 4.69. The number of nitrogens with zero attached hydrogens (tertiary/aromatic N) is 5. The van der Waals surface area contributed by atoms with Crippen molar-refractivity contribution in [1.29, 1.82) is 0 Å². The number of carbonyl (C=O) groups is 1. The molecule has 4 rings (SSSR count). The molecule has 0 atom stereocenters. The Bertz CT molecular complexity index is 998. The predicted octanol–water partition coefficient (Wildman–Crippen LogP) is 1.56. The maximum absolute atomic E-state index is 12.4. The molecule has 2 aromatic heterocycles. The van der Waals surface area contributed by atoms with Crippen LogP contribution in [-0.4, -0.2) is 72.7 Å². The van der Waals surface area contributed by atoms with Crippen LogP contribution in [0.2, 0.25) is 0 Å². The zero-order chi connectivity index (χ0) is 21.1. The van der Waals surface area contributed by atoms with Crippen molar-refractivity contribution in [3.8, 4) is 5.88 Å². The van der Waals surface area contributed by atoms with Gasteiger partial charge in [0.05, 0.1) is 5.56 Å². The first kappa shape index (κ1) is 20.5. The van der Waals surface area contributed by atoms with E-state index in [2.05, 4.69) is 19.9 Å². The minimum Gasteiger partial charge on any atom is -0.474 e. The van der Waals surface area contributed by atoms with E-state index in [1.54, 1.807) is 12.3 Å². The highest BCUT2D eigenvalue weighted by Gasteiger charge is 2.24. The number of sulfone groups is 1. The smallest absolute Gasteiger partial charge is 0.255 e. The summed E-state index contributed by atoms with van der Waals surface area (Å²) in [5.74, 6) is 1.16. The third-order valence-electron chi connectivity index (χ3n) is 5.38. The number of carbonyl (C=O) groups excluding carboxylic acids is 1. The second kappa shape index (κ2) is 8.55.